The van der Waals surface area contributed by atoms with E-state index in [9.17, 15) is 0 Å². The van der Waals surface area contributed by atoms with Crippen molar-refractivity contribution in [3.05, 3.63) is 11.4 Å². The number of hydrogen-bond acceptors (Lipinski definition) is 1. The van der Waals surface area contributed by atoms with Gasteiger partial charge in [0, 0.05) is 5.54 Å². The highest BCUT2D eigenvalue weighted by molar-refractivity contribution is 6.76. The zero-order valence-corrected chi connectivity index (χ0v) is 15.0. The third-order valence-electron chi connectivity index (χ3n) is 2.60. The summed E-state index contributed by atoms with van der Waals surface area (Å²) < 4.78 is 2.76. The first-order valence-corrected chi connectivity index (χ1v) is 12.9. The fraction of sp³-hybridized carbons (Fsp3) is 0.846. The standard InChI is InChI=1S/C13H31NSi2/c1-10-11-12(15(5)6)14(13(2,3)4)16(7,8)9/h11,15H,10H2,1-9H3. The van der Waals surface area contributed by atoms with Crippen molar-refractivity contribution in [2.24, 2.45) is 0 Å². The minimum Gasteiger partial charge on any atom is -0.401 e. The van der Waals surface area contributed by atoms with Gasteiger partial charge in [-0.05, 0) is 32.5 Å². The molecule has 0 radical (unpaired) electrons. The molecule has 0 unspecified atom stereocenters. The van der Waals surface area contributed by atoms with E-state index in [0.717, 1.165) is 6.42 Å². The quantitative estimate of drug-likeness (QED) is 0.681. The number of hydrogen-bond donors (Lipinski definition) is 0. The molecule has 1 nitrogen and oxygen atoms in total. The van der Waals surface area contributed by atoms with Gasteiger partial charge < -0.3 is 4.57 Å². The molecule has 0 fully saturated rings. The molecule has 0 aromatic rings. The van der Waals surface area contributed by atoms with Crippen LogP contribution in [0.4, 0.5) is 0 Å². The van der Waals surface area contributed by atoms with Crippen LogP contribution < -0.4 is 0 Å². The van der Waals surface area contributed by atoms with Crippen molar-refractivity contribution in [1.29, 1.82) is 0 Å². The average Bonchev–Trinajstić information content (AvgIpc) is 1.97. The van der Waals surface area contributed by atoms with Gasteiger partial charge in [-0.1, -0.05) is 45.7 Å². The second-order valence-electron chi connectivity index (χ2n) is 6.87. The monoisotopic (exact) mass is 257 g/mol. The summed E-state index contributed by atoms with van der Waals surface area (Å²) in [6.45, 7) is 21.6. The third kappa shape index (κ3) is 4.46. The fourth-order valence-corrected chi connectivity index (χ4v) is 9.00. The summed E-state index contributed by atoms with van der Waals surface area (Å²) in [5, 5.41) is 1.68. The van der Waals surface area contributed by atoms with Crippen LogP contribution in [0.15, 0.2) is 11.4 Å². The topological polar surface area (TPSA) is 3.24 Å². The molecule has 0 aliphatic rings. The van der Waals surface area contributed by atoms with Crippen molar-refractivity contribution in [3.63, 3.8) is 0 Å². The van der Waals surface area contributed by atoms with Crippen LogP contribution >= 0.6 is 0 Å². The molecule has 0 N–H and O–H groups in total. The summed E-state index contributed by atoms with van der Waals surface area (Å²) in [4.78, 5) is 0. The van der Waals surface area contributed by atoms with E-state index < -0.39 is 17.0 Å². The Morgan fingerprint density at radius 2 is 1.62 bits per heavy atom. The molecule has 0 amide bonds. The lowest BCUT2D eigenvalue weighted by atomic mass is 10.1. The molecular formula is C13H31NSi2. The second-order valence-corrected chi connectivity index (χ2v) is 14.6. The highest BCUT2D eigenvalue weighted by atomic mass is 28.3. The molecule has 0 saturated carbocycles. The van der Waals surface area contributed by atoms with E-state index in [4.69, 9.17) is 0 Å². The predicted octanol–water partition coefficient (Wildman–Crippen LogP) is 4.24. The number of rotatable bonds is 4. The van der Waals surface area contributed by atoms with Crippen molar-refractivity contribution in [2.75, 3.05) is 0 Å². The van der Waals surface area contributed by atoms with E-state index in [-0.39, 0.29) is 5.54 Å². The Balaban J connectivity index is 5.41. The summed E-state index contributed by atoms with van der Waals surface area (Å²) in [7, 11) is -2.02. The highest BCUT2D eigenvalue weighted by Gasteiger charge is 2.35. The van der Waals surface area contributed by atoms with Crippen LogP contribution in [0.5, 0.6) is 0 Å². The lowest BCUT2D eigenvalue weighted by molar-refractivity contribution is 0.305. The molecule has 0 aromatic carbocycles. The van der Waals surface area contributed by atoms with E-state index in [1.165, 1.54) is 0 Å². The normalized spacial score (nSPS) is 14.5. The minimum atomic E-state index is -1.29. The molecule has 16 heavy (non-hydrogen) atoms. The lowest BCUT2D eigenvalue weighted by Gasteiger charge is -2.49. The molecule has 0 spiro atoms. The van der Waals surface area contributed by atoms with Crippen LogP contribution in [0.25, 0.3) is 0 Å². The van der Waals surface area contributed by atoms with E-state index in [1.54, 1.807) is 5.32 Å². The number of allylic oxidation sites excluding steroid dienone is 1. The predicted molar refractivity (Wildman–Crippen MR) is 82.2 cm³/mol. The van der Waals surface area contributed by atoms with Gasteiger partial charge in [0.1, 0.15) is 8.24 Å². The third-order valence-corrected chi connectivity index (χ3v) is 6.81. The Morgan fingerprint density at radius 1 is 1.19 bits per heavy atom. The smallest absolute Gasteiger partial charge is 0.147 e. The fourth-order valence-electron chi connectivity index (χ4n) is 2.58. The molecule has 0 saturated heterocycles. The van der Waals surface area contributed by atoms with E-state index >= 15 is 0 Å². The van der Waals surface area contributed by atoms with Gasteiger partial charge in [-0.25, -0.2) is 0 Å². The Morgan fingerprint density at radius 3 is 1.81 bits per heavy atom. The summed E-state index contributed by atoms with van der Waals surface area (Å²) in [5.74, 6) is 0. The molecule has 0 bridgehead atoms. The van der Waals surface area contributed by atoms with Gasteiger partial charge in [-0.15, -0.1) is 0 Å². The van der Waals surface area contributed by atoms with Crippen molar-refractivity contribution in [3.8, 4) is 0 Å². The highest BCUT2D eigenvalue weighted by Crippen LogP contribution is 2.29. The van der Waals surface area contributed by atoms with Crippen molar-refractivity contribution in [2.45, 2.75) is 72.4 Å². The molecule has 96 valence electrons. The maximum Gasteiger partial charge on any atom is 0.147 e. The van der Waals surface area contributed by atoms with Crippen LogP contribution in [0.2, 0.25) is 32.7 Å². The Kier molecular flexibility index (Phi) is 5.53. The lowest BCUT2D eigenvalue weighted by Crippen LogP contribution is -2.57. The zero-order chi connectivity index (χ0) is 13.1. The van der Waals surface area contributed by atoms with E-state index in [0.29, 0.717) is 0 Å². The summed E-state index contributed by atoms with van der Waals surface area (Å²) in [6, 6.07) is 0. The second kappa shape index (κ2) is 5.54. The average molecular weight is 258 g/mol. The molecule has 0 aliphatic carbocycles. The van der Waals surface area contributed by atoms with E-state index in [2.05, 4.69) is 71.1 Å². The Labute approximate surface area is 106 Å². The largest absolute Gasteiger partial charge is 0.401 e. The molecule has 0 rings (SSSR count). The maximum atomic E-state index is 2.76. The van der Waals surface area contributed by atoms with Gasteiger partial charge >= 0.3 is 0 Å². The Hall–Kier alpha value is -0.0262. The molecule has 3 heteroatoms. The zero-order valence-electron chi connectivity index (χ0n) is 12.8. The van der Waals surface area contributed by atoms with E-state index in [1.807, 2.05) is 0 Å². The summed E-state index contributed by atoms with van der Waals surface area (Å²) in [5.41, 5.74) is 0.267. The molecular weight excluding hydrogens is 226 g/mol. The van der Waals surface area contributed by atoms with Crippen molar-refractivity contribution in [1.82, 2.24) is 4.57 Å². The minimum absolute atomic E-state index is 0.267. The van der Waals surface area contributed by atoms with Crippen LogP contribution in [0, 0.1) is 0 Å². The van der Waals surface area contributed by atoms with Gasteiger partial charge in [-0.3, -0.25) is 0 Å². The maximum absolute atomic E-state index is 2.76. The number of nitrogens with zero attached hydrogens (tertiary/aromatic N) is 1. The first kappa shape index (κ1) is 16.0. The van der Waals surface area contributed by atoms with Crippen LogP contribution in [0.3, 0.4) is 0 Å². The SMILES string of the molecule is CCC=C(N(C(C)(C)C)[Si](C)(C)C)[SiH](C)C. The van der Waals surface area contributed by atoms with Crippen LogP contribution in [-0.2, 0) is 0 Å². The molecule has 0 atom stereocenters. The van der Waals surface area contributed by atoms with Crippen LogP contribution in [0.1, 0.15) is 34.1 Å². The first-order chi connectivity index (χ1) is 7.01. The Bertz CT molecular complexity index is 230. The molecule has 0 aromatic heterocycles. The molecule has 0 aliphatic heterocycles. The van der Waals surface area contributed by atoms with Gasteiger partial charge in [0.15, 0.2) is 0 Å². The van der Waals surface area contributed by atoms with Crippen molar-refractivity contribution >= 4 is 17.0 Å². The first-order valence-electron chi connectivity index (χ1n) is 6.52. The summed E-state index contributed by atoms with van der Waals surface area (Å²) in [6.07, 6.45) is 3.64. The van der Waals surface area contributed by atoms with Gasteiger partial charge in [0.25, 0.3) is 0 Å². The molecule has 0 heterocycles. The summed E-state index contributed by atoms with van der Waals surface area (Å²) >= 11 is 0. The van der Waals surface area contributed by atoms with Crippen LogP contribution in [-0.4, -0.2) is 27.1 Å². The van der Waals surface area contributed by atoms with Gasteiger partial charge in [-0.2, -0.15) is 0 Å². The van der Waals surface area contributed by atoms with Gasteiger partial charge in [0.05, 0.1) is 8.80 Å². The van der Waals surface area contributed by atoms with Gasteiger partial charge in [0.2, 0.25) is 0 Å². The van der Waals surface area contributed by atoms with Crippen molar-refractivity contribution < 1.29 is 0 Å².